The Hall–Kier alpha value is -1.79. The van der Waals surface area contributed by atoms with Crippen LogP contribution in [-0.2, 0) is 0 Å². The normalized spacial score (nSPS) is 9.87. The molecule has 0 aliphatic heterocycles. The van der Waals surface area contributed by atoms with Crippen LogP contribution in [0.25, 0.3) is 10.9 Å². The lowest BCUT2D eigenvalue weighted by Crippen LogP contribution is -1.95. The quantitative estimate of drug-likeness (QED) is 0.779. The maximum Gasteiger partial charge on any atom is 0.174 e. The Kier molecular flexibility index (Phi) is 2.70. The molecule has 0 amide bonds. The molecule has 0 N–H and O–H groups in total. The Morgan fingerprint density at radius 2 is 2.27 bits per heavy atom. The third kappa shape index (κ3) is 1.85. The summed E-state index contributed by atoms with van der Waals surface area (Å²) in [7, 11) is 0. The molecule has 0 aliphatic carbocycles. The number of nitriles is 1. The highest BCUT2D eigenvalue weighted by atomic mass is 35.5. The smallest absolute Gasteiger partial charge is 0.174 e. The fourth-order valence-corrected chi connectivity index (χ4v) is 1.55. The highest BCUT2D eigenvalue weighted by Gasteiger charge is 2.05. The number of benzene rings is 1. The minimum absolute atomic E-state index is 0.00725. The lowest BCUT2D eigenvalue weighted by molar-refractivity contribution is 0.372. The van der Waals surface area contributed by atoms with Gasteiger partial charge in [-0.05, 0) is 24.3 Å². The first kappa shape index (κ1) is 9.75. The summed E-state index contributed by atoms with van der Waals surface area (Å²) in [5.41, 5.74) is 0.681. The molecule has 0 atom stereocenters. The largest absolute Gasteiger partial charge is 0.476 e. The van der Waals surface area contributed by atoms with Gasteiger partial charge in [0.1, 0.15) is 17.3 Å². The Labute approximate surface area is 91.9 Å². The molecule has 0 bridgehead atoms. The first-order valence-corrected chi connectivity index (χ1v) is 4.73. The van der Waals surface area contributed by atoms with Crippen LogP contribution >= 0.6 is 11.6 Å². The van der Waals surface area contributed by atoms with Crippen LogP contribution in [0.2, 0.25) is 5.02 Å². The average molecular weight is 219 g/mol. The van der Waals surface area contributed by atoms with Crippen LogP contribution in [0.5, 0.6) is 5.75 Å². The number of ether oxygens (including phenoxy) is 1. The van der Waals surface area contributed by atoms with E-state index in [2.05, 4.69) is 4.98 Å². The van der Waals surface area contributed by atoms with Crippen molar-refractivity contribution >= 4 is 22.5 Å². The zero-order valence-corrected chi connectivity index (χ0v) is 8.53. The molecule has 1 aromatic heterocycles. The summed E-state index contributed by atoms with van der Waals surface area (Å²) in [6.45, 7) is 0.00725. The van der Waals surface area contributed by atoms with Crippen LogP contribution in [0.1, 0.15) is 0 Å². The van der Waals surface area contributed by atoms with Crippen molar-refractivity contribution < 1.29 is 4.74 Å². The van der Waals surface area contributed by atoms with Gasteiger partial charge < -0.3 is 4.74 Å². The number of fused-ring (bicyclic) bond motifs is 1. The van der Waals surface area contributed by atoms with Crippen molar-refractivity contribution in [1.82, 2.24) is 4.98 Å². The lowest BCUT2D eigenvalue weighted by atomic mass is 10.2. The van der Waals surface area contributed by atoms with Crippen LogP contribution < -0.4 is 4.74 Å². The molecular formula is C11H7ClN2O. The second-order valence-electron chi connectivity index (χ2n) is 2.89. The SMILES string of the molecule is N#CCOc1ccc(Cl)c2cccnc12. The summed E-state index contributed by atoms with van der Waals surface area (Å²) in [6, 6.07) is 9.04. The molecule has 15 heavy (non-hydrogen) atoms. The summed E-state index contributed by atoms with van der Waals surface area (Å²) in [4.78, 5) is 4.18. The van der Waals surface area contributed by atoms with Gasteiger partial charge in [0.2, 0.25) is 0 Å². The van der Waals surface area contributed by atoms with E-state index in [-0.39, 0.29) is 6.61 Å². The molecule has 0 saturated carbocycles. The van der Waals surface area contributed by atoms with Gasteiger partial charge in [-0.15, -0.1) is 0 Å². The van der Waals surface area contributed by atoms with E-state index >= 15 is 0 Å². The van der Waals surface area contributed by atoms with Crippen molar-refractivity contribution in [1.29, 1.82) is 5.26 Å². The monoisotopic (exact) mass is 218 g/mol. The van der Waals surface area contributed by atoms with Crippen molar-refractivity contribution in [2.75, 3.05) is 6.61 Å². The van der Waals surface area contributed by atoms with Crippen molar-refractivity contribution in [2.24, 2.45) is 0 Å². The summed E-state index contributed by atoms with van der Waals surface area (Å²) in [5.74, 6) is 0.580. The molecule has 0 unspecified atom stereocenters. The van der Waals surface area contributed by atoms with Gasteiger partial charge in [-0.2, -0.15) is 5.26 Å². The van der Waals surface area contributed by atoms with Crippen LogP contribution in [0.4, 0.5) is 0 Å². The van der Waals surface area contributed by atoms with E-state index in [0.29, 0.717) is 16.3 Å². The Morgan fingerprint density at radius 1 is 1.40 bits per heavy atom. The van der Waals surface area contributed by atoms with E-state index in [1.54, 1.807) is 18.3 Å². The predicted octanol–water partition coefficient (Wildman–Crippen LogP) is 2.79. The molecule has 3 nitrogen and oxygen atoms in total. The molecule has 0 saturated heterocycles. The van der Waals surface area contributed by atoms with Gasteiger partial charge in [-0.1, -0.05) is 11.6 Å². The van der Waals surface area contributed by atoms with Crippen molar-refractivity contribution in [3.63, 3.8) is 0 Å². The fourth-order valence-electron chi connectivity index (χ4n) is 1.34. The van der Waals surface area contributed by atoms with Crippen LogP contribution in [-0.4, -0.2) is 11.6 Å². The molecule has 0 aliphatic rings. The molecular weight excluding hydrogens is 212 g/mol. The number of aromatic nitrogens is 1. The van der Waals surface area contributed by atoms with E-state index in [9.17, 15) is 0 Å². The van der Waals surface area contributed by atoms with Gasteiger partial charge in [-0.25, -0.2) is 0 Å². The first-order valence-electron chi connectivity index (χ1n) is 4.36. The molecule has 0 radical (unpaired) electrons. The standard InChI is InChI=1S/C11H7ClN2O/c12-9-3-4-10(15-7-5-13)11-8(9)2-1-6-14-11/h1-4,6H,7H2. The lowest BCUT2D eigenvalue weighted by Gasteiger charge is -2.06. The molecule has 1 heterocycles. The minimum atomic E-state index is 0.00725. The Morgan fingerprint density at radius 3 is 3.07 bits per heavy atom. The number of hydrogen-bond acceptors (Lipinski definition) is 3. The summed E-state index contributed by atoms with van der Waals surface area (Å²) >= 11 is 6.00. The molecule has 2 rings (SSSR count). The molecule has 4 heteroatoms. The van der Waals surface area contributed by atoms with Gasteiger partial charge in [0, 0.05) is 11.6 Å². The summed E-state index contributed by atoms with van der Waals surface area (Å²) in [5, 5.41) is 9.89. The highest BCUT2D eigenvalue weighted by molar-refractivity contribution is 6.35. The second kappa shape index (κ2) is 4.16. The topological polar surface area (TPSA) is 45.9 Å². The maximum absolute atomic E-state index is 8.43. The van der Waals surface area contributed by atoms with Crippen molar-refractivity contribution in [2.45, 2.75) is 0 Å². The Balaban J connectivity index is 2.57. The predicted molar refractivity (Wildman–Crippen MR) is 57.9 cm³/mol. The zero-order chi connectivity index (χ0) is 10.7. The van der Waals surface area contributed by atoms with Crippen LogP contribution in [0.3, 0.4) is 0 Å². The van der Waals surface area contributed by atoms with E-state index in [1.807, 2.05) is 18.2 Å². The maximum atomic E-state index is 8.43. The van der Waals surface area contributed by atoms with E-state index in [0.717, 1.165) is 5.39 Å². The first-order chi connectivity index (χ1) is 7.33. The van der Waals surface area contributed by atoms with Crippen LogP contribution in [0, 0.1) is 11.3 Å². The van der Waals surface area contributed by atoms with E-state index in [1.165, 1.54) is 0 Å². The van der Waals surface area contributed by atoms with Crippen molar-refractivity contribution in [3.05, 3.63) is 35.5 Å². The molecule has 1 aromatic carbocycles. The Bertz CT molecular complexity index is 534. The van der Waals surface area contributed by atoms with Crippen molar-refractivity contribution in [3.8, 4) is 11.8 Å². The number of nitrogens with zero attached hydrogens (tertiary/aromatic N) is 2. The van der Waals surface area contributed by atoms with E-state index < -0.39 is 0 Å². The third-order valence-electron chi connectivity index (χ3n) is 1.97. The van der Waals surface area contributed by atoms with E-state index in [4.69, 9.17) is 21.6 Å². The summed E-state index contributed by atoms with van der Waals surface area (Å²) in [6.07, 6.45) is 1.66. The van der Waals surface area contributed by atoms with Gasteiger partial charge in [0.15, 0.2) is 6.61 Å². The number of halogens is 1. The number of rotatable bonds is 2. The molecule has 0 fully saturated rings. The average Bonchev–Trinajstić information content (AvgIpc) is 2.29. The van der Waals surface area contributed by atoms with Crippen LogP contribution in [0.15, 0.2) is 30.5 Å². The van der Waals surface area contributed by atoms with Gasteiger partial charge in [0.05, 0.1) is 5.02 Å². The molecule has 2 aromatic rings. The minimum Gasteiger partial charge on any atom is -0.476 e. The second-order valence-corrected chi connectivity index (χ2v) is 3.30. The molecule has 74 valence electrons. The zero-order valence-electron chi connectivity index (χ0n) is 7.77. The van der Waals surface area contributed by atoms with Gasteiger partial charge in [0.25, 0.3) is 0 Å². The number of hydrogen-bond donors (Lipinski definition) is 0. The number of pyridine rings is 1. The molecule has 0 spiro atoms. The summed E-state index contributed by atoms with van der Waals surface area (Å²) < 4.78 is 5.24. The highest BCUT2D eigenvalue weighted by Crippen LogP contribution is 2.29. The fraction of sp³-hybridized carbons (Fsp3) is 0.0909. The third-order valence-corrected chi connectivity index (χ3v) is 2.30. The van der Waals surface area contributed by atoms with Gasteiger partial charge in [-0.3, -0.25) is 4.98 Å². The van der Waals surface area contributed by atoms with Gasteiger partial charge >= 0.3 is 0 Å².